The largest absolute Gasteiger partial charge is 0.454 e. The van der Waals surface area contributed by atoms with Crippen molar-refractivity contribution in [3.05, 3.63) is 0 Å². The molecule has 0 aliphatic carbocycles. The maximum Gasteiger partial charge on any atom is 0.422 e. The Labute approximate surface area is 60.1 Å². The Morgan fingerprint density at radius 3 is 2.55 bits per heavy atom. The number of rotatable bonds is 2. The van der Waals surface area contributed by atoms with E-state index in [4.69, 9.17) is 0 Å². The van der Waals surface area contributed by atoms with E-state index in [0.717, 1.165) is 0 Å². The number of hydrogen-bond acceptors (Lipinski definition) is 3. The lowest BCUT2D eigenvalue weighted by Crippen LogP contribution is -2.22. The summed E-state index contributed by atoms with van der Waals surface area (Å²) in [6, 6.07) is 0. The van der Waals surface area contributed by atoms with Crippen molar-refractivity contribution in [3.8, 4) is 0 Å². The van der Waals surface area contributed by atoms with Crippen LogP contribution in [0.3, 0.4) is 0 Å². The minimum atomic E-state index is -4.45. The summed E-state index contributed by atoms with van der Waals surface area (Å²) in [5.41, 5.74) is 0. The van der Waals surface area contributed by atoms with Gasteiger partial charge in [-0.2, -0.15) is 13.2 Å². The van der Waals surface area contributed by atoms with Crippen LogP contribution < -0.4 is 0 Å². The lowest BCUT2D eigenvalue weighted by atomic mass is 10.5. The normalized spacial score (nSPS) is 23.0. The van der Waals surface area contributed by atoms with Crippen molar-refractivity contribution in [2.45, 2.75) is 12.3 Å². The molecule has 0 aromatic heterocycles. The van der Waals surface area contributed by atoms with Crippen LogP contribution in [0.4, 0.5) is 13.2 Å². The molecule has 1 heterocycles. The minimum Gasteiger partial charge on any atom is -0.454 e. The van der Waals surface area contributed by atoms with Gasteiger partial charge in [0.05, 0.1) is 6.61 Å². The van der Waals surface area contributed by atoms with Crippen LogP contribution in [0.15, 0.2) is 0 Å². The molecule has 1 aliphatic rings. The van der Waals surface area contributed by atoms with Gasteiger partial charge in [-0.05, 0) is 0 Å². The van der Waals surface area contributed by atoms with Gasteiger partial charge in [0.1, 0.15) is 0 Å². The Morgan fingerprint density at radius 1 is 1.64 bits per heavy atom. The van der Waals surface area contributed by atoms with Gasteiger partial charge in [-0.25, -0.2) is 4.79 Å². The molecule has 1 aliphatic heterocycles. The summed E-state index contributed by atoms with van der Waals surface area (Å²) in [5, 5.41) is 0. The van der Waals surface area contributed by atoms with Crippen molar-refractivity contribution >= 4 is 5.97 Å². The molecule has 0 aromatic carbocycles. The van der Waals surface area contributed by atoms with E-state index in [-0.39, 0.29) is 6.61 Å². The molecule has 0 amide bonds. The number of hydrogen-bond donors (Lipinski definition) is 0. The minimum absolute atomic E-state index is 0.163. The van der Waals surface area contributed by atoms with E-state index in [1.807, 2.05) is 0 Å². The highest BCUT2D eigenvalue weighted by atomic mass is 19.4. The second-order valence-electron chi connectivity index (χ2n) is 2.04. The molecular formula is C5H5F3O3. The van der Waals surface area contributed by atoms with E-state index in [0.29, 0.717) is 0 Å². The monoisotopic (exact) mass is 170 g/mol. The van der Waals surface area contributed by atoms with Gasteiger partial charge < -0.3 is 9.47 Å². The summed E-state index contributed by atoms with van der Waals surface area (Å²) < 4.78 is 42.4. The van der Waals surface area contributed by atoms with Crippen LogP contribution in [-0.4, -0.2) is 31.5 Å². The van der Waals surface area contributed by atoms with Gasteiger partial charge in [0.25, 0.3) is 0 Å². The van der Waals surface area contributed by atoms with Crippen molar-refractivity contribution in [3.63, 3.8) is 0 Å². The lowest BCUT2D eigenvalue weighted by Gasteiger charge is -2.05. The topological polar surface area (TPSA) is 38.8 Å². The number of alkyl halides is 3. The standard InChI is InChI=1S/C5H5F3O3/c6-5(7,8)2-11-4(9)3-1-10-3/h3H,1-2H2. The smallest absolute Gasteiger partial charge is 0.422 e. The van der Waals surface area contributed by atoms with Crippen LogP contribution >= 0.6 is 0 Å². The Hall–Kier alpha value is -0.780. The van der Waals surface area contributed by atoms with Crippen molar-refractivity contribution in [1.82, 2.24) is 0 Å². The van der Waals surface area contributed by atoms with Crippen molar-refractivity contribution in [2.75, 3.05) is 13.2 Å². The number of carbonyl (C=O) groups excluding carboxylic acids is 1. The first-order chi connectivity index (χ1) is 4.99. The van der Waals surface area contributed by atoms with Gasteiger partial charge >= 0.3 is 12.1 Å². The molecule has 1 unspecified atom stereocenters. The SMILES string of the molecule is O=C(OCC(F)(F)F)C1CO1. The molecular weight excluding hydrogens is 165 g/mol. The summed E-state index contributed by atoms with van der Waals surface area (Å²) in [7, 11) is 0. The Bertz CT molecular complexity index is 161. The molecule has 1 rings (SSSR count). The Morgan fingerprint density at radius 2 is 2.18 bits per heavy atom. The van der Waals surface area contributed by atoms with Gasteiger partial charge in [-0.3, -0.25) is 0 Å². The zero-order valence-corrected chi connectivity index (χ0v) is 5.35. The average molecular weight is 170 g/mol. The summed E-state index contributed by atoms with van der Waals surface area (Å²) in [4.78, 5) is 10.4. The number of epoxide rings is 1. The van der Waals surface area contributed by atoms with Gasteiger partial charge in [-0.1, -0.05) is 0 Å². The van der Waals surface area contributed by atoms with E-state index in [1.54, 1.807) is 0 Å². The fourth-order valence-corrected chi connectivity index (χ4v) is 0.430. The summed E-state index contributed by atoms with van der Waals surface area (Å²) in [6.07, 6.45) is -5.22. The highest BCUT2D eigenvalue weighted by molar-refractivity contribution is 5.76. The first kappa shape index (κ1) is 8.32. The van der Waals surface area contributed by atoms with Crippen molar-refractivity contribution in [1.29, 1.82) is 0 Å². The fourth-order valence-electron chi connectivity index (χ4n) is 0.430. The van der Waals surface area contributed by atoms with Gasteiger partial charge in [0, 0.05) is 0 Å². The first-order valence-corrected chi connectivity index (χ1v) is 2.84. The molecule has 0 saturated carbocycles. The van der Waals surface area contributed by atoms with E-state index in [2.05, 4.69) is 9.47 Å². The van der Waals surface area contributed by atoms with Crippen LogP contribution in [0.25, 0.3) is 0 Å². The second kappa shape index (κ2) is 2.69. The predicted octanol–water partition coefficient (Wildman–Crippen LogP) is 0.491. The number of carbonyl (C=O) groups is 1. The molecule has 0 spiro atoms. The van der Waals surface area contributed by atoms with E-state index >= 15 is 0 Å². The zero-order valence-electron chi connectivity index (χ0n) is 5.35. The molecule has 0 aromatic rings. The Kier molecular flexibility index (Phi) is 2.03. The highest BCUT2D eigenvalue weighted by Crippen LogP contribution is 2.17. The molecule has 1 fully saturated rings. The van der Waals surface area contributed by atoms with E-state index in [1.165, 1.54) is 0 Å². The second-order valence-corrected chi connectivity index (χ2v) is 2.04. The van der Waals surface area contributed by atoms with Gasteiger partial charge in [0.2, 0.25) is 0 Å². The highest BCUT2D eigenvalue weighted by Gasteiger charge is 2.36. The van der Waals surface area contributed by atoms with Gasteiger partial charge in [-0.15, -0.1) is 0 Å². The van der Waals surface area contributed by atoms with Crippen LogP contribution in [0, 0.1) is 0 Å². The zero-order chi connectivity index (χ0) is 8.48. The molecule has 0 N–H and O–H groups in total. The van der Waals surface area contributed by atoms with Crippen molar-refractivity contribution < 1.29 is 27.4 Å². The van der Waals surface area contributed by atoms with Crippen LogP contribution in [0.2, 0.25) is 0 Å². The maximum absolute atomic E-state index is 11.4. The maximum atomic E-state index is 11.4. The number of halogens is 3. The third kappa shape index (κ3) is 3.22. The molecule has 1 atom stereocenters. The summed E-state index contributed by atoms with van der Waals surface area (Å²) >= 11 is 0. The lowest BCUT2D eigenvalue weighted by molar-refractivity contribution is -0.187. The molecule has 6 heteroatoms. The predicted molar refractivity (Wildman–Crippen MR) is 26.8 cm³/mol. The van der Waals surface area contributed by atoms with Crippen LogP contribution in [-0.2, 0) is 14.3 Å². The Balaban J connectivity index is 2.16. The van der Waals surface area contributed by atoms with Crippen LogP contribution in [0.5, 0.6) is 0 Å². The third-order valence-corrected chi connectivity index (χ3v) is 0.974. The van der Waals surface area contributed by atoms with Gasteiger partial charge in [0.15, 0.2) is 12.7 Å². The summed E-state index contributed by atoms with van der Waals surface area (Å²) in [6.45, 7) is -1.37. The molecule has 1 saturated heterocycles. The fraction of sp³-hybridized carbons (Fsp3) is 0.800. The quantitative estimate of drug-likeness (QED) is 0.447. The van der Waals surface area contributed by atoms with Crippen LogP contribution in [0.1, 0.15) is 0 Å². The number of esters is 1. The summed E-state index contributed by atoms with van der Waals surface area (Å²) in [5.74, 6) is -0.942. The van der Waals surface area contributed by atoms with Crippen molar-refractivity contribution in [2.24, 2.45) is 0 Å². The molecule has 3 nitrogen and oxygen atoms in total. The average Bonchev–Trinajstić information content (AvgIpc) is 2.61. The first-order valence-electron chi connectivity index (χ1n) is 2.84. The van der Waals surface area contributed by atoms with E-state index < -0.39 is 24.9 Å². The van der Waals surface area contributed by atoms with E-state index in [9.17, 15) is 18.0 Å². The molecule has 11 heavy (non-hydrogen) atoms. The molecule has 64 valence electrons. The molecule has 0 radical (unpaired) electrons. The third-order valence-electron chi connectivity index (χ3n) is 0.974. The molecule has 0 bridgehead atoms. The number of ether oxygens (including phenoxy) is 2.